The fourth-order valence-corrected chi connectivity index (χ4v) is 5.07. The molecule has 0 spiro atoms. The van der Waals surface area contributed by atoms with E-state index in [0.717, 1.165) is 12.8 Å². The Balaban J connectivity index is 1.76. The highest BCUT2D eigenvalue weighted by Crippen LogP contribution is 2.40. The molecule has 7 nitrogen and oxygen atoms in total. The van der Waals surface area contributed by atoms with Gasteiger partial charge in [0.05, 0.1) is 10.9 Å². The molecule has 0 aliphatic carbocycles. The van der Waals surface area contributed by atoms with Crippen LogP contribution in [0.1, 0.15) is 30.3 Å². The zero-order valence-electron chi connectivity index (χ0n) is 12.7. The highest BCUT2D eigenvalue weighted by atomic mass is 32.2. The van der Waals surface area contributed by atoms with Crippen molar-refractivity contribution in [2.45, 2.75) is 30.7 Å². The first-order valence-electron chi connectivity index (χ1n) is 7.49. The third-order valence-electron chi connectivity index (χ3n) is 4.30. The molecule has 2 aliphatic rings. The van der Waals surface area contributed by atoms with Crippen molar-refractivity contribution in [2.24, 2.45) is 0 Å². The molecule has 4 rings (SSSR count). The van der Waals surface area contributed by atoms with Crippen LogP contribution in [0, 0.1) is 6.92 Å². The fraction of sp³-hybridized carbons (Fsp3) is 0.400. The number of aromatic nitrogens is 2. The minimum Gasteiger partial charge on any atom is -0.454 e. The van der Waals surface area contributed by atoms with Crippen molar-refractivity contribution in [2.75, 3.05) is 13.3 Å². The normalized spacial score (nSPS) is 21.0. The minimum absolute atomic E-state index is 0.122. The summed E-state index contributed by atoms with van der Waals surface area (Å²) in [6.45, 7) is 2.38. The first kappa shape index (κ1) is 14.5. The zero-order valence-corrected chi connectivity index (χ0v) is 13.5. The van der Waals surface area contributed by atoms with Crippen LogP contribution in [0.25, 0.3) is 0 Å². The first-order chi connectivity index (χ1) is 11.1. The maximum absolute atomic E-state index is 13.1. The fourth-order valence-electron chi connectivity index (χ4n) is 3.19. The van der Waals surface area contributed by atoms with Crippen LogP contribution in [0.15, 0.2) is 29.4 Å². The number of aromatic amines is 1. The molecular formula is C15H17N3O4S. The highest BCUT2D eigenvalue weighted by molar-refractivity contribution is 7.89. The molecule has 8 heteroatoms. The van der Waals surface area contributed by atoms with Gasteiger partial charge in [0, 0.05) is 25.0 Å². The predicted molar refractivity (Wildman–Crippen MR) is 81.8 cm³/mol. The highest BCUT2D eigenvalue weighted by Gasteiger charge is 2.38. The Bertz CT molecular complexity index is 833. The number of aryl methyl sites for hydroxylation is 1. The molecule has 1 aromatic heterocycles. The Kier molecular flexibility index (Phi) is 3.31. The van der Waals surface area contributed by atoms with Crippen LogP contribution in [0.5, 0.6) is 11.5 Å². The number of ether oxygens (including phenoxy) is 2. The molecule has 122 valence electrons. The van der Waals surface area contributed by atoms with E-state index in [1.807, 2.05) is 0 Å². The Morgan fingerprint density at radius 1 is 1.30 bits per heavy atom. The van der Waals surface area contributed by atoms with Gasteiger partial charge in [-0.1, -0.05) is 0 Å². The average molecular weight is 335 g/mol. The van der Waals surface area contributed by atoms with Crippen molar-refractivity contribution in [1.29, 1.82) is 0 Å². The zero-order chi connectivity index (χ0) is 16.0. The third kappa shape index (κ3) is 2.29. The summed E-state index contributed by atoms with van der Waals surface area (Å²) in [5.74, 6) is 1.75. The second-order valence-corrected chi connectivity index (χ2v) is 7.58. The van der Waals surface area contributed by atoms with Crippen molar-refractivity contribution < 1.29 is 17.9 Å². The smallest absolute Gasteiger partial charge is 0.244 e. The lowest BCUT2D eigenvalue weighted by atomic mass is 10.2. The van der Waals surface area contributed by atoms with Gasteiger partial charge < -0.3 is 14.5 Å². The molecular weight excluding hydrogens is 318 g/mol. The molecule has 2 aliphatic heterocycles. The van der Waals surface area contributed by atoms with E-state index < -0.39 is 10.0 Å². The van der Waals surface area contributed by atoms with Gasteiger partial charge in [-0.05, 0) is 31.4 Å². The average Bonchev–Trinajstić information content (AvgIpc) is 3.25. The summed E-state index contributed by atoms with van der Waals surface area (Å²) in [6, 6.07) is 3.03. The minimum atomic E-state index is -3.63. The van der Waals surface area contributed by atoms with Gasteiger partial charge in [-0.3, -0.25) is 0 Å². The van der Waals surface area contributed by atoms with Crippen molar-refractivity contribution in [1.82, 2.24) is 14.3 Å². The van der Waals surface area contributed by atoms with Crippen LogP contribution >= 0.6 is 0 Å². The van der Waals surface area contributed by atoms with E-state index in [9.17, 15) is 8.42 Å². The lowest BCUT2D eigenvalue weighted by Gasteiger charge is -2.23. The van der Waals surface area contributed by atoms with Crippen LogP contribution in [-0.4, -0.2) is 36.0 Å². The van der Waals surface area contributed by atoms with Crippen LogP contribution in [0.3, 0.4) is 0 Å². The number of benzene rings is 1. The van der Waals surface area contributed by atoms with Gasteiger partial charge >= 0.3 is 0 Å². The van der Waals surface area contributed by atoms with E-state index in [1.54, 1.807) is 31.5 Å². The second-order valence-electron chi connectivity index (χ2n) is 5.72. The maximum atomic E-state index is 13.1. The summed E-state index contributed by atoms with van der Waals surface area (Å²) in [6.07, 6.45) is 4.93. The van der Waals surface area contributed by atoms with E-state index >= 15 is 0 Å². The van der Waals surface area contributed by atoms with Crippen molar-refractivity contribution in [3.8, 4) is 11.5 Å². The van der Waals surface area contributed by atoms with E-state index in [1.165, 1.54) is 4.31 Å². The Labute approximate surface area is 134 Å². The number of sulfonamides is 1. The van der Waals surface area contributed by atoms with Gasteiger partial charge in [-0.15, -0.1) is 0 Å². The number of fused-ring (bicyclic) bond motifs is 1. The molecule has 0 saturated carbocycles. The van der Waals surface area contributed by atoms with E-state index in [0.29, 0.717) is 29.4 Å². The molecule has 1 saturated heterocycles. The second kappa shape index (κ2) is 5.24. The number of hydrogen-bond acceptors (Lipinski definition) is 5. The summed E-state index contributed by atoms with van der Waals surface area (Å²) in [4.78, 5) is 7.52. The molecule has 1 N–H and O–H groups in total. The van der Waals surface area contributed by atoms with Gasteiger partial charge in [0.25, 0.3) is 0 Å². The molecule has 1 unspecified atom stereocenters. The van der Waals surface area contributed by atoms with Crippen molar-refractivity contribution in [3.63, 3.8) is 0 Å². The molecule has 0 radical (unpaired) electrons. The molecule has 0 amide bonds. The largest absolute Gasteiger partial charge is 0.454 e. The Morgan fingerprint density at radius 2 is 2.09 bits per heavy atom. The summed E-state index contributed by atoms with van der Waals surface area (Å²) in [5.41, 5.74) is 0.652. The predicted octanol–water partition coefficient (Wildman–Crippen LogP) is 1.97. The molecule has 1 atom stereocenters. The topological polar surface area (TPSA) is 84.5 Å². The van der Waals surface area contributed by atoms with Gasteiger partial charge in [-0.25, -0.2) is 13.4 Å². The van der Waals surface area contributed by atoms with Gasteiger partial charge in [0.15, 0.2) is 11.5 Å². The lowest BCUT2D eigenvalue weighted by molar-refractivity contribution is 0.174. The number of H-pyrrole nitrogens is 1. The SMILES string of the molecule is Cc1cc2c(cc1S(=O)(=O)N1CCCC1c1ncc[nH]1)OCO2. The lowest BCUT2D eigenvalue weighted by Crippen LogP contribution is -2.31. The molecule has 0 bridgehead atoms. The maximum Gasteiger partial charge on any atom is 0.244 e. The summed E-state index contributed by atoms with van der Waals surface area (Å²) in [7, 11) is -3.63. The summed E-state index contributed by atoms with van der Waals surface area (Å²) in [5, 5.41) is 0. The van der Waals surface area contributed by atoms with Gasteiger partial charge in [-0.2, -0.15) is 4.31 Å². The van der Waals surface area contributed by atoms with Gasteiger partial charge in [0.2, 0.25) is 16.8 Å². The molecule has 3 heterocycles. The van der Waals surface area contributed by atoms with Crippen LogP contribution in [0.2, 0.25) is 0 Å². The van der Waals surface area contributed by atoms with Crippen LogP contribution < -0.4 is 9.47 Å². The monoisotopic (exact) mass is 335 g/mol. The van der Waals surface area contributed by atoms with Crippen molar-refractivity contribution >= 4 is 10.0 Å². The quantitative estimate of drug-likeness (QED) is 0.927. The number of imidazole rings is 1. The van der Waals surface area contributed by atoms with E-state index in [-0.39, 0.29) is 17.7 Å². The van der Waals surface area contributed by atoms with E-state index in [4.69, 9.17) is 9.47 Å². The number of nitrogens with one attached hydrogen (secondary N) is 1. The van der Waals surface area contributed by atoms with Crippen LogP contribution in [0.4, 0.5) is 0 Å². The Morgan fingerprint density at radius 3 is 2.83 bits per heavy atom. The first-order valence-corrected chi connectivity index (χ1v) is 8.93. The summed E-state index contributed by atoms with van der Waals surface area (Å²) >= 11 is 0. The number of rotatable bonds is 3. The molecule has 23 heavy (non-hydrogen) atoms. The third-order valence-corrected chi connectivity index (χ3v) is 6.35. The Hall–Kier alpha value is -2.06. The molecule has 1 fully saturated rings. The van der Waals surface area contributed by atoms with E-state index in [2.05, 4.69) is 9.97 Å². The van der Waals surface area contributed by atoms with Gasteiger partial charge in [0.1, 0.15) is 5.82 Å². The number of hydrogen-bond donors (Lipinski definition) is 1. The van der Waals surface area contributed by atoms with Crippen molar-refractivity contribution in [3.05, 3.63) is 35.9 Å². The summed E-state index contributed by atoms with van der Waals surface area (Å²) < 4.78 is 38.5. The number of nitrogens with zero attached hydrogens (tertiary/aromatic N) is 2. The molecule has 1 aromatic carbocycles. The standard InChI is InChI=1S/C15H17N3O4S/c1-10-7-12-13(22-9-21-12)8-14(10)23(19,20)18-6-2-3-11(18)15-16-4-5-17-15/h4-5,7-8,11H,2-3,6,9H2,1H3,(H,16,17). The van der Waals surface area contributed by atoms with Crippen LogP contribution in [-0.2, 0) is 10.0 Å². The molecule has 2 aromatic rings.